The van der Waals surface area contributed by atoms with Crippen LogP contribution >= 0.6 is 0 Å². The number of para-hydroxylation sites is 1. The van der Waals surface area contributed by atoms with Crippen LogP contribution in [-0.2, 0) is 29.4 Å². The number of nitrogens with zero attached hydrogens (tertiary/aromatic N) is 1. The maximum Gasteiger partial charge on any atom is 0.407 e. The van der Waals surface area contributed by atoms with Crippen molar-refractivity contribution in [1.29, 1.82) is 0 Å². The third kappa shape index (κ3) is 9.94. The molecule has 0 fully saturated rings. The van der Waals surface area contributed by atoms with E-state index in [-0.39, 0.29) is 27.9 Å². The lowest BCUT2D eigenvalue weighted by Gasteiger charge is -2.30. The van der Waals surface area contributed by atoms with Crippen LogP contribution in [0.2, 0.25) is 0 Å². The highest BCUT2D eigenvalue weighted by Gasteiger charge is 2.37. The number of aliphatic hydroxyl groups is 1. The summed E-state index contributed by atoms with van der Waals surface area (Å²) in [6.07, 6.45) is -0.474. The second-order valence-electron chi connectivity index (χ2n) is 12.4. The van der Waals surface area contributed by atoms with Crippen molar-refractivity contribution in [3.63, 3.8) is 0 Å². The molecule has 51 heavy (non-hydrogen) atoms. The summed E-state index contributed by atoms with van der Waals surface area (Å²) in [5, 5.41) is 15.8. The summed E-state index contributed by atoms with van der Waals surface area (Å²) in [4.78, 5) is 26.4. The molecule has 0 aromatic heterocycles. The van der Waals surface area contributed by atoms with E-state index in [0.29, 0.717) is 23.2 Å². The Morgan fingerprint density at radius 3 is 1.90 bits per heavy atom. The fraction of sp³-hybridized carbons (Fsp3) is 0.297. The Labute approximate surface area is 299 Å². The van der Waals surface area contributed by atoms with E-state index < -0.39 is 62.2 Å². The van der Waals surface area contributed by atoms with E-state index in [4.69, 9.17) is 10.5 Å². The predicted molar refractivity (Wildman–Crippen MR) is 196 cm³/mol. The molecule has 5 N–H and O–H groups in total. The average molecular weight is 737 g/mol. The van der Waals surface area contributed by atoms with Crippen molar-refractivity contribution in [2.24, 2.45) is 5.92 Å². The third-order valence-electron chi connectivity index (χ3n) is 8.32. The Kier molecular flexibility index (Phi) is 13.4. The van der Waals surface area contributed by atoms with Crippen LogP contribution in [0.5, 0.6) is 0 Å². The largest absolute Gasteiger partial charge is 0.453 e. The predicted octanol–water partition coefficient (Wildman–Crippen LogP) is 4.64. The number of carbonyl (C=O) groups excluding carboxylic acids is 2. The first-order chi connectivity index (χ1) is 24.3. The number of nitrogen functional groups attached to an aromatic ring is 1. The summed E-state index contributed by atoms with van der Waals surface area (Å²) in [7, 11) is -7.47. The van der Waals surface area contributed by atoms with Gasteiger partial charge in [0.15, 0.2) is 9.84 Å². The molecule has 0 bridgehead atoms. The van der Waals surface area contributed by atoms with Gasteiger partial charge in [0.25, 0.3) is 0 Å². The Hall–Kier alpha value is -4.76. The molecule has 0 saturated carbocycles. The zero-order chi connectivity index (χ0) is 37.2. The topological polar surface area (TPSA) is 185 Å². The van der Waals surface area contributed by atoms with Crippen molar-refractivity contribution >= 4 is 43.2 Å². The van der Waals surface area contributed by atoms with Crippen molar-refractivity contribution in [2.75, 3.05) is 37.1 Å². The molecule has 0 aliphatic heterocycles. The van der Waals surface area contributed by atoms with E-state index >= 15 is 0 Å². The minimum Gasteiger partial charge on any atom is -0.453 e. The summed E-state index contributed by atoms with van der Waals surface area (Å²) >= 11 is 0. The van der Waals surface area contributed by atoms with Crippen LogP contribution in [0.25, 0.3) is 0 Å². The van der Waals surface area contributed by atoms with E-state index in [1.54, 1.807) is 24.3 Å². The Balaban J connectivity index is 1.71. The third-order valence-corrected chi connectivity index (χ3v) is 12.1. The van der Waals surface area contributed by atoms with Crippen LogP contribution in [0.3, 0.4) is 0 Å². The van der Waals surface area contributed by atoms with Gasteiger partial charge in [-0.25, -0.2) is 21.6 Å². The number of amides is 2. The van der Waals surface area contributed by atoms with Crippen LogP contribution in [0.1, 0.15) is 37.3 Å². The SMILES string of the molecule is COC(=O)NC(C(=O)Nc1ccccc1S(=O)(=O)CC(CO)N(CCC(C)C)S(=O)(=O)c1ccc(N)cc1)C(c1ccccc1)c1ccccc1. The summed E-state index contributed by atoms with van der Waals surface area (Å²) in [6.45, 7) is 2.96. The number of carbonyl (C=O) groups is 2. The highest BCUT2D eigenvalue weighted by atomic mass is 32.2. The molecule has 2 unspecified atom stereocenters. The van der Waals surface area contributed by atoms with Gasteiger partial charge in [0.1, 0.15) is 6.04 Å². The molecule has 0 aliphatic carbocycles. The molecule has 0 spiro atoms. The number of hydrogen-bond donors (Lipinski definition) is 4. The molecule has 0 saturated heterocycles. The van der Waals surface area contributed by atoms with Crippen molar-refractivity contribution in [2.45, 2.75) is 48.1 Å². The normalized spacial score (nSPS) is 13.2. The van der Waals surface area contributed by atoms with Crippen LogP contribution < -0.4 is 16.4 Å². The van der Waals surface area contributed by atoms with Gasteiger partial charge in [0.05, 0.1) is 41.0 Å². The number of nitrogens with one attached hydrogen (secondary N) is 2. The minimum absolute atomic E-state index is 0.0508. The quantitative estimate of drug-likeness (QED) is 0.119. The number of aliphatic hydroxyl groups excluding tert-OH is 1. The molecule has 0 heterocycles. The lowest BCUT2D eigenvalue weighted by atomic mass is 9.84. The summed E-state index contributed by atoms with van der Waals surface area (Å²) in [5.41, 5.74) is 7.44. The molecular weight excluding hydrogens is 693 g/mol. The number of nitrogens with two attached hydrogens (primary N) is 1. The molecule has 4 rings (SSSR count). The number of benzene rings is 4. The molecule has 4 aromatic carbocycles. The molecular formula is C37H44N4O8S2. The van der Waals surface area contributed by atoms with Crippen molar-refractivity contribution in [3.8, 4) is 0 Å². The van der Waals surface area contributed by atoms with Gasteiger partial charge in [-0.05, 0) is 59.9 Å². The Bertz CT molecular complexity index is 1940. The van der Waals surface area contributed by atoms with Gasteiger partial charge in [0.2, 0.25) is 15.9 Å². The lowest BCUT2D eigenvalue weighted by Crippen LogP contribution is -2.48. The lowest BCUT2D eigenvalue weighted by molar-refractivity contribution is -0.118. The Morgan fingerprint density at radius 1 is 0.824 bits per heavy atom. The second kappa shape index (κ2) is 17.4. The molecule has 0 aliphatic rings. The maximum atomic E-state index is 14.2. The van der Waals surface area contributed by atoms with Crippen LogP contribution in [0, 0.1) is 5.92 Å². The minimum atomic E-state index is -4.37. The van der Waals surface area contributed by atoms with Crippen LogP contribution in [-0.4, -0.2) is 76.3 Å². The number of methoxy groups -OCH3 is 1. The summed E-state index contributed by atoms with van der Waals surface area (Å²) < 4.78 is 61.8. The highest BCUT2D eigenvalue weighted by Crippen LogP contribution is 2.31. The molecule has 0 radical (unpaired) electrons. The average Bonchev–Trinajstić information content (AvgIpc) is 3.11. The fourth-order valence-corrected chi connectivity index (χ4v) is 9.10. The van der Waals surface area contributed by atoms with E-state index in [1.807, 2.05) is 50.2 Å². The second-order valence-corrected chi connectivity index (χ2v) is 16.3. The molecule has 12 nitrogen and oxygen atoms in total. The van der Waals surface area contributed by atoms with E-state index in [1.165, 1.54) is 55.6 Å². The summed E-state index contributed by atoms with van der Waals surface area (Å²) in [6, 6.07) is 26.7. The van der Waals surface area contributed by atoms with Gasteiger partial charge < -0.3 is 26.2 Å². The number of hydrogen-bond acceptors (Lipinski definition) is 9. The van der Waals surface area contributed by atoms with Gasteiger partial charge in [-0.1, -0.05) is 86.6 Å². The molecule has 14 heteroatoms. The first-order valence-corrected chi connectivity index (χ1v) is 19.4. The van der Waals surface area contributed by atoms with E-state index in [9.17, 15) is 31.5 Å². The van der Waals surface area contributed by atoms with E-state index in [2.05, 4.69) is 10.6 Å². The standard InChI is InChI=1S/C37H44N4O8S2/c1-26(2)22-23-41(51(47,48)31-20-18-29(38)19-21-31)30(24-42)25-50(45,46)33-17-11-10-16-32(33)39-36(43)35(40-37(44)49-3)34(27-12-6-4-7-13-27)28-14-8-5-9-15-28/h4-21,26,30,34-35,42H,22-25,38H2,1-3H3,(H,39,43)(H,40,44). The van der Waals surface area contributed by atoms with Crippen LogP contribution in [0.15, 0.2) is 119 Å². The number of ether oxygens (including phenoxy) is 1. The smallest absolute Gasteiger partial charge is 0.407 e. The molecule has 272 valence electrons. The van der Waals surface area contributed by atoms with Crippen molar-refractivity contribution in [1.82, 2.24) is 9.62 Å². The summed E-state index contributed by atoms with van der Waals surface area (Å²) in [5.74, 6) is -2.15. The number of sulfone groups is 1. The first kappa shape index (κ1) is 39.0. The van der Waals surface area contributed by atoms with Gasteiger partial charge in [-0.15, -0.1) is 0 Å². The number of sulfonamides is 1. The van der Waals surface area contributed by atoms with Crippen molar-refractivity contribution in [3.05, 3.63) is 120 Å². The monoisotopic (exact) mass is 736 g/mol. The molecule has 4 aromatic rings. The van der Waals surface area contributed by atoms with Crippen LogP contribution in [0.4, 0.5) is 16.2 Å². The number of rotatable bonds is 16. The molecule has 2 amide bonds. The number of anilines is 2. The number of alkyl carbamates (subject to hydrolysis) is 1. The van der Waals surface area contributed by atoms with Gasteiger partial charge in [0, 0.05) is 18.2 Å². The highest BCUT2D eigenvalue weighted by molar-refractivity contribution is 7.92. The zero-order valence-corrected chi connectivity index (χ0v) is 30.3. The van der Waals surface area contributed by atoms with Crippen molar-refractivity contribution < 1.29 is 36.3 Å². The maximum absolute atomic E-state index is 14.2. The molecule has 2 atom stereocenters. The van der Waals surface area contributed by atoms with E-state index in [0.717, 1.165) is 4.31 Å². The van der Waals surface area contributed by atoms with Gasteiger partial charge >= 0.3 is 6.09 Å². The van der Waals surface area contributed by atoms with Gasteiger partial charge in [-0.2, -0.15) is 4.31 Å². The zero-order valence-electron chi connectivity index (χ0n) is 28.7. The first-order valence-electron chi connectivity index (χ1n) is 16.3. The van der Waals surface area contributed by atoms with Gasteiger partial charge in [-0.3, -0.25) is 4.79 Å². The fourth-order valence-electron chi connectivity index (χ4n) is 5.67. The Morgan fingerprint density at radius 2 is 1.37 bits per heavy atom.